The SMILES string of the molecule is CCOc1cc(OCC)c2c(c1)O[C@@]1(c3ccc(Cl)cc3)[C@H](c3ccccc3)C[C@H](O)[C@@]21O. The van der Waals surface area contributed by atoms with Gasteiger partial charge in [0.1, 0.15) is 17.2 Å². The fraction of sp³-hybridized carbons (Fsp3) is 0.333. The van der Waals surface area contributed by atoms with Crippen molar-refractivity contribution >= 4 is 11.6 Å². The minimum absolute atomic E-state index is 0.321. The minimum atomic E-state index is -1.74. The van der Waals surface area contributed by atoms with E-state index in [0.717, 1.165) is 11.1 Å². The average Bonchev–Trinajstić information content (AvgIpc) is 3.21. The van der Waals surface area contributed by atoms with Gasteiger partial charge in [0.15, 0.2) is 11.2 Å². The normalized spacial score (nSPS) is 27.5. The smallest absolute Gasteiger partial charge is 0.176 e. The highest BCUT2D eigenvalue weighted by atomic mass is 35.5. The number of hydrogen-bond donors (Lipinski definition) is 2. The predicted molar refractivity (Wildman–Crippen MR) is 126 cm³/mol. The molecule has 5 rings (SSSR count). The lowest BCUT2D eigenvalue weighted by molar-refractivity contribution is -0.150. The Bertz CT molecular complexity index is 1150. The van der Waals surface area contributed by atoms with Gasteiger partial charge >= 0.3 is 0 Å². The summed E-state index contributed by atoms with van der Waals surface area (Å²) in [6, 6.07) is 20.7. The highest BCUT2D eigenvalue weighted by Crippen LogP contribution is 2.68. The third kappa shape index (κ3) is 3.14. The van der Waals surface area contributed by atoms with Gasteiger partial charge in [0, 0.05) is 23.1 Å². The first-order chi connectivity index (χ1) is 16.0. The Morgan fingerprint density at radius 1 is 1.00 bits per heavy atom. The second kappa shape index (κ2) is 8.24. The molecule has 6 heteroatoms. The number of halogens is 1. The summed E-state index contributed by atoms with van der Waals surface area (Å²) in [5.74, 6) is 1.16. The van der Waals surface area contributed by atoms with E-state index in [1.54, 1.807) is 24.3 Å². The van der Waals surface area contributed by atoms with Crippen LogP contribution in [0, 0.1) is 0 Å². The molecule has 0 saturated heterocycles. The number of hydrogen-bond acceptors (Lipinski definition) is 5. The van der Waals surface area contributed by atoms with Crippen molar-refractivity contribution in [3.63, 3.8) is 0 Å². The molecule has 1 fully saturated rings. The van der Waals surface area contributed by atoms with Gasteiger partial charge in [-0.25, -0.2) is 0 Å². The maximum absolute atomic E-state index is 12.5. The number of rotatable bonds is 6. The minimum Gasteiger partial charge on any atom is -0.494 e. The van der Waals surface area contributed by atoms with Crippen LogP contribution in [-0.2, 0) is 11.2 Å². The van der Waals surface area contributed by atoms with E-state index in [1.807, 2.05) is 56.3 Å². The molecule has 0 aromatic heterocycles. The molecule has 0 amide bonds. The van der Waals surface area contributed by atoms with E-state index in [1.165, 1.54) is 0 Å². The van der Waals surface area contributed by atoms with E-state index >= 15 is 0 Å². The maximum atomic E-state index is 12.5. The second-order valence-electron chi connectivity index (χ2n) is 8.49. The third-order valence-corrected chi connectivity index (χ3v) is 7.03. The van der Waals surface area contributed by atoms with E-state index in [-0.39, 0.29) is 5.92 Å². The Balaban J connectivity index is 1.79. The van der Waals surface area contributed by atoms with Crippen LogP contribution in [-0.4, -0.2) is 29.5 Å². The Hall–Kier alpha value is -2.73. The fourth-order valence-electron chi connectivity index (χ4n) is 5.52. The van der Waals surface area contributed by atoms with Gasteiger partial charge in [-0.05, 0) is 43.5 Å². The van der Waals surface area contributed by atoms with Crippen molar-refractivity contribution in [1.29, 1.82) is 0 Å². The summed E-state index contributed by atoms with van der Waals surface area (Å²) in [5.41, 5.74) is -0.869. The van der Waals surface area contributed by atoms with Crippen molar-refractivity contribution in [3.05, 3.63) is 88.4 Å². The molecule has 4 atom stereocenters. The molecule has 1 aliphatic heterocycles. The van der Waals surface area contributed by atoms with Gasteiger partial charge in [-0.2, -0.15) is 0 Å². The summed E-state index contributed by atoms with van der Waals surface area (Å²) in [7, 11) is 0. The van der Waals surface area contributed by atoms with E-state index in [0.29, 0.717) is 47.5 Å². The molecule has 1 heterocycles. The average molecular weight is 467 g/mol. The van der Waals surface area contributed by atoms with Crippen molar-refractivity contribution in [2.45, 2.75) is 43.5 Å². The Morgan fingerprint density at radius 3 is 2.36 bits per heavy atom. The molecule has 33 heavy (non-hydrogen) atoms. The largest absolute Gasteiger partial charge is 0.494 e. The van der Waals surface area contributed by atoms with Gasteiger partial charge in [0.25, 0.3) is 0 Å². The van der Waals surface area contributed by atoms with E-state index in [4.69, 9.17) is 25.8 Å². The van der Waals surface area contributed by atoms with Crippen LogP contribution >= 0.6 is 11.6 Å². The molecular formula is C27H27ClO5. The summed E-state index contributed by atoms with van der Waals surface area (Å²) >= 11 is 6.20. The molecule has 2 aliphatic rings. The van der Waals surface area contributed by atoms with Crippen LogP contribution in [0.5, 0.6) is 17.2 Å². The van der Waals surface area contributed by atoms with Crippen LogP contribution in [0.2, 0.25) is 5.02 Å². The molecule has 172 valence electrons. The van der Waals surface area contributed by atoms with Crippen LogP contribution in [0.1, 0.15) is 42.9 Å². The zero-order chi connectivity index (χ0) is 23.2. The lowest BCUT2D eigenvalue weighted by Crippen LogP contribution is -2.52. The first kappa shape index (κ1) is 22.1. The highest BCUT2D eigenvalue weighted by Gasteiger charge is 2.73. The Labute approximate surface area is 198 Å². The van der Waals surface area contributed by atoms with Gasteiger partial charge in [0.05, 0.1) is 24.9 Å². The topological polar surface area (TPSA) is 68.2 Å². The third-order valence-electron chi connectivity index (χ3n) is 6.78. The molecular weight excluding hydrogens is 440 g/mol. The molecule has 5 nitrogen and oxygen atoms in total. The van der Waals surface area contributed by atoms with Crippen LogP contribution in [0.3, 0.4) is 0 Å². The van der Waals surface area contributed by atoms with E-state index in [2.05, 4.69) is 0 Å². The van der Waals surface area contributed by atoms with Gasteiger partial charge in [0.2, 0.25) is 0 Å². The number of aliphatic hydroxyl groups is 2. The van der Waals surface area contributed by atoms with Crippen LogP contribution in [0.4, 0.5) is 0 Å². The predicted octanol–water partition coefficient (Wildman–Crippen LogP) is 5.16. The second-order valence-corrected chi connectivity index (χ2v) is 8.92. The van der Waals surface area contributed by atoms with E-state index in [9.17, 15) is 10.2 Å². The molecule has 1 aliphatic carbocycles. The van der Waals surface area contributed by atoms with Gasteiger partial charge in [-0.3, -0.25) is 0 Å². The Morgan fingerprint density at radius 2 is 1.70 bits per heavy atom. The molecule has 0 radical (unpaired) electrons. The first-order valence-electron chi connectivity index (χ1n) is 11.3. The molecule has 2 N–H and O–H groups in total. The monoisotopic (exact) mass is 466 g/mol. The fourth-order valence-corrected chi connectivity index (χ4v) is 5.65. The molecule has 3 aromatic rings. The molecule has 3 aromatic carbocycles. The van der Waals surface area contributed by atoms with Gasteiger partial charge in [-0.15, -0.1) is 0 Å². The number of benzene rings is 3. The molecule has 0 spiro atoms. The molecule has 0 bridgehead atoms. The van der Waals surface area contributed by atoms with Crippen molar-refractivity contribution < 1.29 is 24.4 Å². The first-order valence-corrected chi connectivity index (χ1v) is 11.7. The lowest BCUT2D eigenvalue weighted by atomic mass is 9.71. The lowest BCUT2D eigenvalue weighted by Gasteiger charge is -2.40. The van der Waals surface area contributed by atoms with Crippen molar-refractivity contribution in [2.24, 2.45) is 0 Å². The number of fused-ring (bicyclic) bond motifs is 3. The number of ether oxygens (including phenoxy) is 3. The summed E-state index contributed by atoms with van der Waals surface area (Å²) in [6.45, 7) is 4.65. The summed E-state index contributed by atoms with van der Waals surface area (Å²) in [4.78, 5) is 0. The Kier molecular flexibility index (Phi) is 5.52. The van der Waals surface area contributed by atoms with Crippen molar-refractivity contribution in [2.75, 3.05) is 13.2 Å². The van der Waals surface area contributed by atoms with Gasteiger partial charge < -0.3 is 24.4 Å². The van der Waals surface area contributed by atoms with E-state index < -0.39 is 17.3 Å². The van der Waals surface area contributed by atoms with Crippen molar-refractivity contribution in [3.8, 4) is 17.2 Å². The number of aliphatic hydroxyl groups excluding tert-OH is 1. The van der Waals surface area contributed by atoms with Crippen molar-refractivity contribution in [1.82, 2.24) is 0 Å². The molecule has 0 unspecified atom stereocenters. The van der Waals surface area contributed by atoms with Crippen LogP contribution in [0.15, 0.2) is 66.7 Å². The van der Waals surface area contributed by atoms with Crippen LogP contribution < -0.4 is 14.2 Å². The highest BCUT2D eigenvalue weighted by molar-refractivity contribution is 6.30. The molecule has 1 saturated carbocycles. The summed E-state index contributed by atoms with van der Waals surface area (Å²) in [5, 5.41) is 24.5. The summed E-state index contributed by atoms with van der Waals surface area (Å²) in [6.07, 6.45) is -0.766. The zero-order valence-electron chi connectivity index (χ0n) is 18.6. The zero-order valence-corrected chi connectivity index (χ0v) is 19.4. The van der Waals surface area contributed by atoms with Crippen LogP contribution in [0.25, 0.3) is 0 Å². The standard InChI is InChI=1S/C27H27ClO5/c1-3-31-20-14-22(32-4-2)25-23(15-20)33-27(18-10-12-19(28)13-11-18)21(16-24(29)26(25,27)30)17-8-6-5-7-9-17/h5-15,21,24,29-30H,3-4,16H2,1-2H3/t21-,24-,26+,27-/m0/s1. The summed E-state index contributed by atoms with van der Waals surface area (Å²) < 4.78 is 18.4. The maximum Gasteiger partial charge on any atom is 0.176 e. The quantitative estimate of drug-likeness (QED) is 0.525. The van der Waals surface area contributed by atoms with Gasteiger partial charge in [-0.1, -0.05) is 54.1 Å².